The standard InChI is InChI=1S/C12H17N5O3S/c1-3-21(19,20)14-7-8-17-12(18)16(2)11(15-17)10-5-4-6-13-9-10/h4-6,9,14H,3,7-8H2,1-2H3. The van der Waals surface area contributed by atoms with Crippen LogP contribution >= 0.6 is 0 Å². The molecule has 21 heavy (non-hydrogen) atoms. The Morgan fingerprint density at radius 2 is 2.14 bits per heavy atom. The highest BCUT2D eigenvalue weighted by atomic mass is 32.2. The van der Waals surface area contributed by atoms with Gasteiger partial charge in [-0.1, -0.05) is 0 Å². The first kappa shape index (κ1) is 15.4. The van der Waals surface area contributed by atoms with Crippen molar-refractivity contribution in [2.75, 3.05) is 12.3 Å². The topological polar surface area (TPSA) is 98.9 Å². The molecule has 0 fully saturated rings. The fraction of sp³-hybridized carbons (Fsp3) is 0.417. The van der Waals surface area contributed by atoms with Crippen molar-refractivity contribution < 1.29 is 8.42 Å². The molecular formula is C12H17N5O3S. The van der Waals surface area contributed by atoms with Crippen molar-refractivity contribution in [1.82, 2.24) is 24.1 Å². The smallest absolute Gasteiger partial charge is 0.278 e. The maximum Gasteiger partial charge on any atom is 0.345 e. The Balaban J connectivity index is 2.18. The molecule has 0 spiro atoms. The van der Waals surface area contributed by atoms with Crippen LogP contribution in [0.5, 0.6) is 0 Å². The van der Waals surface area contributed by atoms with E-state index in [1.807, 2.05) is 0 Å². The van der Waals surface area contributed by atoms with E-state index >= 15 is 0 Å². The molecule has 0 bridgehead atoms. The number of nitrogens with zero attached hydrogens (tertiary/aromatic N) is 4. The second kappa shape index (κ2) is 6.19. The molecule has 9 heteroatoms. The number of nitrogens with one attached hydrogen (secondary N) is 1. The molecule has 0 radical (unpaired) electrons. The van der Waals surface area contributed by atoms with Crippen LogP contribution in [0, 0.1) is 0 Å². The summed E-state index contributed by atoms with van der Waals surface area (Å²) in [6.45, 7) is 1.85. The third-order valence-electron chi connectivity index (χ3n) is 2.99. The van der Waals surface area contributed by atoms with Gasteiger partial charge in [0.2, 0.25) is 10.0 Å². The summed E-state index contributed by atoms with van der Waals surface area (Å²) in [7, 11) is -1.65. The zero-order valence-electron chi connectivity index (χ0n) is 11.9. The average Bonchev–Trinajstić information content (AvgIpc) is 2.76. The minimum atomic E-state index is -3.27. The summed E-state index contributed by atoms with van der Waals surface area (Å²) in [5.74, 6) is 0.497. The summed E-state index contributed by atoms with van der Waals surface area (Å²) in [6.07, 6.45) is 3.25. The molecule has 1 N–H and O–H groups in total. The highest BCUT2D eigenvalue weighted by Gasteiger charge is 2.12. The van der Waals surface area contributed by atoms with Crippen LogP contribution in [-0.2, 0) is 23.6 Å². The molecule has 0 saturated heterocycles. The van der Waals surface area contributed by atoms with E-state index in [-0.39, 0.29) is 24.5 Å². The van der Waals surface area contributed by atoms with Gasteiger partial charge in [-0.2, -0.15) is 0 Å². The second-order valence-electron chi connectivity index (χ2n) is 4.43. The van der Waals surface area contributed by atoms with Crippen LogP contribution in [0.4, 0.5) is 0 Å². The molecule has 2 aromatic rings. The van der Waals surface area contributed by atoms with Crippen LogP contribution < -0.4 is 10.4 Å². The molecule has 2 rings (SSSR count). The van der Waals surface area contributed by atoms with Gasteiger partial charge in [0.1, 0.15) is 0 Å². The van der Waals surface area contributed by atoms with Crippen LogP contribution in [0.15, 0.2) is 29.3 Å². The first-order chi connectivity index (χ1) is 9.94. The van der Waals surface area contributed by atoms with Gasteiger partial charge < -0.3 is 0 Å². The Morgan fingerprint density at radius 3 is 2.76 bits per heavy atom. The van der Waals surface area contributed by atoms with E-state index in [9.17, 15) is 13.2 Å². The molecule has 0 aliphatic carbocycles. The molecule has 0 saturated carbocycles. The van der Waals surface area contributed by atoms with E-state index in [0.29, 0.717) is 5.82 Å². The van der Waals surface area contributed by atoms with E-state index < -0.39 is 10.0 Å². The summed E-state index contributed by atoms with van der Waals surface area (Å²) >= 11 is 0. The molecular weight excluding hydrogens is 294 g/mol. The summed E-state index contributed by atoms with van der Waals surface area (Å²) < 4.78 is 27.7. The van der Waals surface area contributed by atoms with Crippen molar-refractivity contribution in [2.45, 2.75) is 13.5 Å². The van der Waals surface area contributed by atoms with Gasteiger partial charge in [0, 0.05) is 31.5 Å². The normalized spacial score (nSPS) is 11.7. The van der Waals surface area contributed by atoms with Gasteiger partial charge in [0.25, 0.3) is 0 Å². The summed E-state index contributed by atoms with van der Waals surface area (Å²) in [6, 6.07) is 3.56. The van der Waals surface area contributed by atoms with Gasteiger partial charge in [0.15, 0.2) is 5.82 Å². The Labute approximate surface area is 122 Å². The van der Waals surface area contributed by atoms with Gasteiger partial charge in [-0.15, -0.1) is 5.10 Å². The Bertz CT molecular complexity index is 764. The molecule has 0 unspecified atom stereocenters. The van der Waals surface area contributed by atoms with Crippen molar-refractivity contribution in [3.05, 3.63) is 35.0 Å². The molecule has 0 aliphatic heterocycles. The maximum absolute atomic E-state index is 12.1. The van der Waals surface area contributed by atoms with Gasteiger partial charge in [0.05, 0.1) is 12.3 Å². The number of sulfonamides is 1. The highest BCUT2D eigenvalue weighted by Crippen LogP contribution is 2.12. The Morgan fingerprint density at radius 1 is 1.38 bits per heavy atom. The lowest BCUT2D eigenvalue weighted by Crippen LogP contribution is -2.32. The summed E-state index contributed by atoms with van der Waals surface area (Å²) in [5.41, 5.74) is 0.425. The van der Waals surface area contributed by atoms with Gasteiger partial charge >= 0.3 is 5.69 Å². The van der Waals surface area contributed by atoms with E-state index in [4.69, 9.17) is 0 Å². The average molecular weight is 311 g/mol. The third kappa shape index (κ3) is 3.56. The van der Waals surface area contributed by atoms with Crippen LogP contribution in [0.25, 0.3) is 11.4 Å². The van der Waals surface area contributed by atoms with Crippen LogP contribution in [0.3, 0.4) is 0 Å². The first-order valence-corrected chi connectivity index (χ1v) is 8.11. The molecule has 0 atom stereocenters. The lowest BCUT2D eigenvalue weighted by atomic mass is 10.3. The quantitative estimate of drug-likeness (QED) is 0.781. The van der Waals surface area contributed by atoms with Crippen LogP contribution in [0.1, 0.15) is 6.92 Å². The number of hydrogen-bond donors (Lipinski definition) is 1. The van der Waals surface area contributed by atoms with Crippen LogP contribution in [0.2, 0.25) is 0 Å². The van der Waals surface area contributed by atoms with E-state index in [1.165, 1.54) is 9.25 Å². The molecule has 114 valence electrons. The zero-order chi connectivity index (χ0) is 15.5. The van der Waals surface area contributed by atoms with Crippen molar-refractivity contribution in [2.24, 2.45) is 7.05 Å². The fourth-order valence-corrected chi connectivity index (χ4v) is 2.40. The molecule has 0 aromatic carbocycles. The Kier molecular flexibility index (Phi) is 4.53. The predicted molar refractivity (Wildman–Crippen MR) is 78.2 cm³/mol. The maximum atomic E-state index is 12.1. The SMILES string of the molecule is CCS(=O)(=O)NCCn1nc(-c2cccnc2)n(C)c1=O. The van der Waals surface area contributed by atoms with Gasteiger partial charge in [-0.3, -0.25) is 9.55 Å². The molecule has 2 aromatic heterocycles. The van der Waals surface area contributed by atoms with Gasteiger partial charge in [-0.25, -0.2) is 22.6 Å². The highest BCUT2D eigenvalue weighted by molar-refractivity contribution is 7.89. The van der Waals surface area contributed by atoms with Crippen molar-refractivity contribution in [3.8, 4) is 11.4 Å². The number of rotatable bonds is 6. The van der Waals surface area contributed by atoms with Crippen molar-refractivity contribution in [3.63, 3.8) is 0 Å². The van der Waals surface area contributed by atoms with E-state index in [0.717, 1.165) is 5.56 Å². The largest absolute Gasteiger partial charge is 0.345 e. The Hall–Kier alpha value is -2.00. The molecule has 8 nitrogen and oxygen atoms in total. The first-order valence-electron chi connectivity index (χ1n) is 6.46. The van der Waals surface area contributed by atoms with Crippen LogP contribution in [-0.4, -0.2) is 40.0 Å². The monoisotopic (exact) mass is 311 g/mol. The second-order valence-corrected chi connectivity index (χ2v) is 6.52. The molecule has 0 aliphatic rings. The minimum absolute atomic E-state index is 0.00501. The van der Waals surface area contributed by atoms with Crippen molar-refractivity contribution >= 4 is 10.0 Å². The number of aromatic nitrogens is 4. The minimum Gasteiger partial charge on any atom is -0.278 e. The van der Waals surface area contributed by atoms with Crippen molar-refractivity contribution in [1.29, 1.82) is 0 Å². The molecule has 2 heterocycles. The number of pyridine rings is 1. The fourth-order valence-electron chi connectivity index (χ4n) is 1.79. The van der Waals surface area contributed by atoms with E-state index in [2.05, 4.69) is 14.8 Å². The summed E-state index contributed by atoms with van der Waals surface area (Å²) in [5, 5.41) is 4.22. The lowest BCUT2D eigenvalue weighted by molar-refractivity contribution is 0.551. The number of hydrogen-bond acceptors (Lipinski definition) is 5. The van der Waals surface area contributed by atoms with Gasteiger partial charge in [-0.05, 0) is 19.1 Å². The third-order valence-corrected chi connectivity index (χ3v) is 4.39. The zero-order valence-corrected chi connectivity index (χ0v) is 12.7. The molecule has 0 amide bonds. The van der Waals surface area contributed by atoms with E-state index in [1.54, 1.807) is 38.5 Å². The summed E-state index contributed by atoms with van der Waals surface area (Å²) in [4.78, 5) is 16.0. The predicted octanol–water partition coefficient (Wildman–Crippen LogP) is -0.417. The lowest BCUT2D eigenvalue weighted by Gasteiger charge is -2.03.